The van der Waals surface area contributed by atoms with E-state index in [0.717, 1.165) is 11.8 Å². The summed E-state index contributed by atoms with van der Waals surface area (Å²) in [7, 11) is 0. The van der Waals surface area contributed by atoms with E-state index in [1.54, 1.807) is 4.88 Å². The van der Waals surface area contributed by atoms with Crippen molar-refractivity contribution in [1.82, 2.24) is 10.3 Å². The highest BCUT2D eigenvalue weighted by Gasteiger charge is 2.42. The van der Waals surface area contributed by atoms with Crippen molar-refractivity contribution in [3.63, 3.8) is 0 Å². The highest BCUT2D eigenvalue weighted by molar-refractivity contribution is 8.00. The van der Waals surface area contributed by atoms with Gasteiger partial charge in [-0.05, 0) is 38.6 Å². The van der Waals surface area contributed by atoms with E-state index in [4.69, 9.17) is 4.98 Å². The van der Waals surface area contributed by atoms with Crippen LogP contribution in [0, 0.1) is 0 Å². The van der Waals surface area contributed by atoms with E-state index in [-0.39, 0.29) is 5.54 Å². The van der Waals surface area contributed by atoms with Crippen LogP contribution in [0.3, 0.4) is 0 Å². The number of nitrogens with zero attached hydrogens (tertiary/aromatic N) is 1. The van der Waals surface area contributed by atoms with Crippen molar-refractivity contribution < 1.29 is 0 Å². The largest absolute Gasteiger partial charge is 0.305 e. The topological polar surface area (TPSA) is 24.9 Å². The van der Waals surface area contributed by atoms with Gasteiger partial charge in [0.1, 0.15) is 5.01 Å². The van der Waals surface area contributed by atoms with Gasteiger partial charge in [0.15, 0.2) is 0 Å². The normalized spacial score (nSPS) is 30.9. The summed E-state index contributed by atoms with van der Waals surface area (Å²) in [5.41, 5.74) is 1.58. The van der Waals surface area contributed by atoms with E-state index >= 15 is 0 Å². The molecule has 2 nitrogen and oxygen atoms in total. The van der Waals surface area contributed by atoms with E-state index < -0.39 is 0 Å². The van der Waals surface area contributed by atoms with Crippen LogP contribution in [0.2, 0.25) is 0 Å². The van der Waals surface area contributed by atoms with Crippen LogP contribution in [0.1, 0.15) is 48.7 Å². The van der Waals surface area contributed by atoms with Crippen molar-refractivity contribution in [2.24, 2.45) is 0 Å². The minimum absolute atomic E-state index is 0.176. The van der Waals surface area contributed by atoms with Gasteiger partial charge < -0.3 is 5.32 Å². The van der Waals surface area contributed by atoms with Crippen molar-refractivity contribution in [3.05, 3.63) is 15.6 Å². The molecule has 100 valence electrons. The maximum atomic E-state index is 4.97. The van der Waals surface area contributed by atoms with Crippen molar-refractivity contribution in [1.29, 1.82) is 0 Å². The molecule has 1 aliphatic carbocycles. The molecule has 2 atom stereocenters. The van der Waals surface area contributed by atoms with Gasteiger partial charge in [-0.3, -0.25) is 0 Å². The smallest absolute Gasteiger partial charge is 0.114 e. The molecule has 0 amide bonds. The number of hydrogen-bond donors (Lipinski definition) is 1. The molecule has 2 heterocycles. The number of thioether (sulfide) groups is 1. The lowest BCUT2D eigenvalue weighted by Gasteiger charge is -2.28. The maximum absolute atomic E-state index is 4.97. The molecule has 1 saturated heterocycles. The molecule has 1 aliphatic heterocycles. The lowest BCUT2D eigenvalue weighted by molar-refractivity contribution is 0.362. The van der Waals surface area contributed by atoms with E-state index in [1.165, 1.54) is 48.6 Å². The Morgan fingerprint density at radius 3 is 3.00 bits per heavy atom. The molecule has 3 rings (SSSR count). The molecular formula is C14H22N2S2. The Morgan fingerprint density at radius 1 is 1.44 bits per heavy atom. The molecule has 0 aromatic carbocycles. The van der Waals surface area contributed by atoms with Crippen molar-refractivity contribution in [2.75, 3.05) is 12.3 Å². The summed E-state index contributed by atoms with van der Waals surface area (Å²) >= 11 is 4.08. The summed E-state index contributed by atoms with van der Waals surface area (Å²) in [6.45, 7) is 5.70. The highest BCUT2D eigenvalue weighted by atomic mass is 32.2. The predicted molar refractivity (Wildman–Crippen MR) is 80.6 cm³/mol. The lowest BCUT2D eigenvalue weighted by atomic mass is 9.96. The molecule has 18 heavy (non-hydrogen) atoms. The van der Waals surface area contributed by atoms with E-state index in [0.29, 0.717) is 0 Å². The van der Waals surface area contributed by atoms with Crippen LogP contribution in [-0.2, 0) is 18.4 Å². The lowest BCUT2D eigenvalue weighted by Crippen LogP contribution is -2.43. The number of rotatable bonds is 4. The molecule has 0 spiro atoms. The van der Waals surface area contributed by atoms with Crippen molar-refractivity contribution >= 4 is 23.1 Å². The second kappa shape index (κ2) is 5.14. The third-order valence-electron chi connectivity index (χ3n) is 3.97. The summed E-state index contributed by atoms with van der Waals surface area (Å²) in [6.07, 6.45) is 6.23. The summed E-state index contributed by atoms with van der Waals surface area (Å²) in [5, 5.41) is 5.94. The van der Waals surface area contributed by atoms with Crippen LogP contribution >= 0.6 is 23.1 Å². The van der Waals surface area contributed by atoms with Gasteiger partial charge >= 0.3 is 0 Å². The first-order valence-electron chi connectivity index (χ1n) is 7.09. The minimum atomic E-state index is 0.176. The fourth-order valence-electron chi connectivity index (χ4n) is 3.00. The standard InChI is InChI=1S/C14H22N2S2/c1-3-7-15-14(8-10(2)17-9-14)13-16-11-5-4-6-12(11)18-13/h10,15H,3-9H2,1-2H3. The molecule has 1 aromatic rings. The monoisotopic (exact) mass is 282 g/mol. The van der Waals surface area contributed by atoms with Gasteiger partial charge in [0.25, 0.3) is 0 Å². The fourth-order valence-corrected chi connectivity index (χ4v) is 5.74. The van der Waals surface area contributed by atoms with Crippen LogP contribution in [0.25, 0.3) is 0 Å². The van der Waals surface area contributed by atoms with Gasteiger partial charge in [-0.15, -0.1) is 11.3 Å². The predicted octanol–water partition coefficient (Wildman–Crippen LogP) is 3.35. The van der Waals surface area contributed by atoms with E-state index in [1.807, 2.05) is 11.3 Å². The summed E-state index contributed by atoms with van der Waals surface area (Å²) in [6, 6.07) is 0. The molecule has 0 bridgehead atoms. The number of aromatic nitrogens is 1. The second-order valence-electron chi connectivity index (χ2n) is 5.58. The van der Waals surface area contributed by atoms with Crippen LogP contribution < -0.4 is 5.32 Å². The first-order valence-corrected chi connectivity index (χ1v) is 8.96. The van der Waals surface area contributed by atoms with Gasteiger partial charge in [0.2, 0.25) is 0 Å². The van der Waals surface area contributed by atoms with Gasteiger partial charge in [0.05, 0.1) is 11.2 Å². The minimum Gasteiger partial charge on any atom is -0.305 e. The zero-order valence-corrected chi connectivity index (χ0v) is 12.9. The summed E-state index contributed by atoms with van der Waals surface area (Å²) in [5.74, 6) is 1.20. The van der Waals surface area contributed by atoms with Gasteiger partial charge in [-0.1, -0.05) is 13.8 Å². The van der Waals surface area contributed by atoms with E-state index in [9.17, 15) is 0 Å². The maximum Gasteiger partial charge on any atom is 0.114 e. The molecular weight excluding hydrogens is 260 g/mol. The van der Waals surface area contributed by atoms with Gasteiger partial charge in [0, 0.05) is 15.9 Å². The number of fused-ring (bicyclic) bond motifs is 1. The molecule has 1 fully saturated rings. The number of hydrogen-bond acceptors (Lipinski definition) is 4. The third-order valence-corrected chi connectivity index (χ3v) is 6.73. The first-order chi connectivity index (χ1) is 8.73. The Hall–Kier alpha value is -0.0600. The molecule has 2 aliphatic rings. The Morgan fingerprint density at radius 2 is 2.33 bits per heavy atom. The van der Waals surface area contributed by atoms with Crippen LogP contribution in [0.4, 0.5) is 0 Å². The van der Waals surface area contributed by atoms with Crippen LogP contribution in [0.15, 0.2) is 0 Å². The fraction of sp³-hybridized carbons (Fsp3) is 0.786. The highest BCUT2D eigenvalue weighted by Crippen LogP contribution is 2.44. The number of aryl methyl sites for hydroxylation is 2. The zero-order valence-electron chi connectivity index (χ0n) is 11.3. The molecule has 0 radical (unpaired) electrons. The Balaban J connectivity index is 1.87. The van der Waals surface area contributed by atoms with Crippen molar-refractivity contribution in [3.8, 4) is 0 Å². The third kappa shape index (κ3) is 2.23. The summed E-state index contributed by atoms with van der Waals surface area (Å²) < 4.78 is 0. The average Bonchev–Trinajstić information content (AvgIpc) is 3.00. The van der Waals surface area contributed by atoms with E-state index in [2.05, 4.69) is 30.9 Å². The zero-order chi connectivity index (χ0) is 12.6. The quantitative estimate of drug-likeness (QED) is 0.916. The number of nitrogens with one attached hydrogen (secondary N) is 1. The van der Waals surface area contributed by atoms with Crippen molar-refractivity contribution in [2.45, 2.75) is 56.7 Å². The second-order valence-corrected chi connectivity index (χ2v) is 8.09. The SMILES string of the molecule is CCCNC1(c2nc3c(s2)CCC3)CSC(C)C1. The average molecular weight is 282 g/mol. The molecule has 0 saturated carbocycles. The van der Waals surface area contributed by atoms with Crippen LogP contribution in [-0.4, -0.2) is 22.5 Å². The molecule has 2 unspecified atom stereocenters. The molecule has 1 N–H and O–H groups in total. The first kappa shape index (κ1) is 12.9. The molecule has 1 aromatic heterocycles. The Bertz CT molecular complexity index is 408. The Kier molecular flexibility index (Phi) is 3.70. The Labute approximate surface area is 118 Å². The van der Waals surface area contributed by atoms with Gasteiger partial charge in [-0.25, -0.2) is 4.98 Å². The number of thiazole rings is 1. The van der Waals surface area contributed by atoms with Crippen LogP contribution in [0.5, 0.6) is 0 Å². The summed E-state index contributed by atoms with van der Waals surface area (Å²) in [4.78, 5) is 6.54. The molecule has 4 heteroatoms. The van der Waals surface area contributed by atoms with Gasteiger partial charge in [-0.2, -0.15) is 11.8 Å².